The van der Waals surface area contributed by atoms with Crippen LogP contribution in [-0.2, 0) is 14.9 Å². The normalized spacial score (nSPS) is 13.8. The lowest BCUT2D eigenvalue weighted by atomic mass is 10.1. The number of amides is 1. The molecule has 0 aromatic rings. The summed E-state index contributed by atoms with van der Waals surface area (Å²) in [6, 6.07) is 0. The van der Waals surface area contributed by atoms with Crippen LogP contribution in [0, 0.1) is 5.92 Å². The minimum Gasteiger partial charge on any atom is -0.395 e. The SMILES string of the molecule is C=CC(=O)NCC(C)C(C)S(=O)(=O)O.NCCO. The first-order valence-electron chi connectivity index (χ1n) is 5.38. The van der Waals surface area contributed by atoms with Crippen molar-refractivity contribution in [2.75, 3.05) is 19.7 Å². The fourth-order valence-corrected chi connectivity index (χ4v) is 1.48. The predicted molar refractivity (Wildman–Crippen MR) is 69.5 cm³/mol. The van der Waals surface area contributed by atoms with Gasteiger partial charge in [0.25, 0.3) is 10.1 Å². The van der Waals surface area contributed by atoms with Gasteiger partial charge in [0.05, 0.1) is 11.9 Å². The molecule has 0 saturated carbocycles. The largest absolute Gasteiger partial charge is 0.395 e. The van der Waals surface area contributed by atoms with E-state index in [1.807, 2.05) is 0 Å². The van der Waals surface area contributed by atoms with Gasteiger partial charge >= 0.3 is 0 Å². The summed E-state index contributed by atoms with van der Waals surface area (Å²) in [6.45, 7) is 6.93. The Morgan fingerprint density at radius 1 is 1.50 bits per heavy atom. The lowest BCUT2D eigenvalue weighted by Crippen LogP contribution is -2.34. The summed E-state index contributed by atoms with van der Waals surface area (Å²) in [7, 11) is -4.03. The summed E-state index contributed by atoms with van der Waals surface area (Å²) < 4.78 is 30.1. The second-order valence-electron chi connectivity index (χ2n) is 3.66. The van der Waals surface area contributed by atoms with Gasteiger partial charge in [0.1, 0.15) is 0 Å². The van der Waals surface area contributed by atoms with Crippen molar-refractivity contribution in [1.29, 1.82) is 0 Å². The molecule has 0 bridgehead atoms. The van der Waals surface area contributed by atoms with Gasteiger partial charge in [0, 0.05) is 13.1 Å². The average molecular weight is 282 g/mol. The minimum atomic E-state index is -4.03. The third kappa shape index (κ3) is 10.2. The lowest BCUT2D eigenvalue weighted by Gasteiger charge is -2.16. The summed E-state index contributed by atoms with van der Waals surface area (Å²) >= 11 is 0. The molecule has 0 aromatic heterocycles. The van der Waals surface area contributed by atoms with E-state index in [1.54, 1.807) is 6.92 Å². The van der Waals surface area contributed by atoms with Gasteiger partial charge in [-0.2, -0.15) is 8.42 Å². The van der Waals surface area contributed by atoms with Gasteiger partial charge in [-0.25, -0.2) is 0 Å². The van der Waals surface area contributed by atoms with Crippen LogP contribution in [0.2, 0.25) is 0 Å². The number of hydrogen-bond donors (Lipinski definition) is 4. The molecule has 0 spiro atoms. The van der Waals surface area contributed by atoms with Gasteiger partial charge in [0.2, 0.25) is 5.91 Å². The number of rotatable bonds is 6. The molecule has 0 rings (SSSR count). The molecule has 7 nitrogen and oxygen atoms in total. The van der Waals surface area contributed by atoms with Crippen molar-refractivity contribution >= 4 is 16.0 Å². The molecular formula is C10H22N2O5S. The monoisotopic (exact) mass is 282 g/mol. The highest BCUT2D eigenvalue weighted by Crippen LogP contribution is 2.09. The standard InChI is InChI=1S/C8H15NO4S.C2H7NO/c1-4-8(10)9-5-6(2)7(3)14(11,12)13;3-1-2-4/h4,6-7H,1,5H2,2-3H3,(H,9,10)(H,11,12,13);4H,1-3H2. The quantitative estimate of drug-likeness (QED) is 0.370. The van der Waals surface area contributed by atoms with E-state index in [0.717, 1.165) is 6.08 Å². The van der Waals surface area contributed by atoms with Crippen LogP contribution in [0.5, 0.6) is 0 Å². The van der Waals surface area contributed by atoms with Crippen LogP contribution in [0.4, 0.5) is 0 Å². The molecule has 18 heavy (non-hydrogen) atoms. The Kier molecular flexibility index (Phi) is 10.8. The molecule has 2 atom stereocenters. The third-order valence-electron chi connectivity index (χ3n) is 2.18. The predicted octanol–water partition coefficient (Wildman–Crippen LogP) is -0.862. The third-order valence-corrected chi connectivity index (χ3v) is 3.59. The lowest BCUT2D eigenvalue weighted by molar-refractivity contribution is -0.116. The molecule has 108 valence electrons. The van der Waals surface area contributed by atoms with E-state index in [1.165, 1.54) is 6.92 Å². The Balaban J connectivity index is 0. The maximum Gasteiger partial charge on any atom is 0.267 e. The molecule has 1 amide bonds. The molecule has 0 heterocycles. The summed E-state index contributed by atoms with van der Waals surface area (Å²) in [5, 5.41) is 9.31. The topological polar surface area (TPSA) is 130 Å². The van der Waals surface area contributed by atoms with E-state index < -0.39 is 15.4 Å². The number of carbonyl (C=O) groups excluding carboxylic acids is 1. The number of aliphatic hydroxyl groups excluding tert-OH is 1. The number of aliphatic hydroxyl groups is 1. The molecule has 0 fully saturated rings. The molecule has 0 saturated heterocycles. The van der Waals surface area contributed by atoms with E-state index in [-0.39, 0.29) is 25.0 Å². The summed E-state index contributed by atoms with van der Waals surface area (Å²) in [5.41, 5.74) is 4.78. The molecular weight excluding hydrogens is 260 g/mol. The van der Waals surface area contributed by atoms with Crippen LogP contribution in [0.1, 0.15) is 13.8 Å². The van der Waals surface area contributed by atoms with Crippen molar-refractivity contribution in [3.8, 4) is 0 Å². The molecule has 2 unspecified atom stereocenters. The van der Waals surface area contributed by atoms with Gasteiger partial charge < -0.3 is 16.2 Å². The molecule has 0 aliphatic carbocycles. The first kappa shape index (κ1) is 19.4. The van der Waals surface area contributed by atoms with Crippen molar-refractivity contribution in [3.63, 3.8) is 0 Å². The van der Waals surface area contributed by atoms with Crippen LogP contribution in [0.3, 0.4) is 0 Å². The van der Waals surface area contributed by atoms with E-state index in [0.29, 0.717) is 6.54 Å². The van der Waals surface area contributed by atoms with Crippen LogP contribution < -0.4 is 11.1 Å². The van der Waals surface area contributed by atoms with Crippen LogP contribution >= 0.6 is 0 Å². The zero-order valence-electron chi connectivity index (χ0n) is 10.7. The van der Waals surface area contributed by atoms with Crippen molar-refractivity contribution < 1.29 is 22.9 Å². The Hall–Kier alpha value is -0.960. The fourth-order valence-electron chi connectivity index (χ4n) is 0.793. The number of nitrogens with two attached hydrogens (primary N) is 1. The molecule has 0 radical (unpaired) electrons. The number of hydrogen-bond acceptors (Lipinski definition) is 5. The fraction of sp³-hybridized carbons (Fsp3) is 0.700. The average Bonchev–Trinajstić information content (AvgIpc) is 2.33. The maximum absolute atomic E-state index is 10.7. The Labute approximate surface area is 108 Å². The van der Waals surface area contributed by atoms with Gasteiger partial charge in [-0.05, 0) is 18.9 Å². The first-order chi connectivity index (χ1) is 8.20. The van der Waals surface area contributed by atoms with Gasteiger partial charge in [0.15, 0.2) is 0 Å². The van der Waals surface area contributed by atoms with Crippen molar-refractivity contribution in [1.82, 2.24) is 5.32 Å². The smallest absolute Gasteiger partial charge is 0.267 e. The zero-order valence-corrected chi connectivity index (χ0v) is 11.5. The van der Waals surface area contributed by atoms with Crippen molar-refractivity contribution in [2.45, 2.75) is 19.1 Å². The molecule has 8 heteroatoms. The first-order valence-corrected chi connectivity index (χ1v) is 6.88. The van der Waals surface area contributed by atoms with E-state index in [2.05, 4.69) is 11.9 Å². The second kappa shape index (κ2) is 10.0. The summed E-state index contributed by atoms with van der Waals surface area (Å²) in [6.07, 6.45) is 1.10. The summed E-state index contributed by atoms with van der Waals surface area (Å²) in [5.74, 6) is -0.715. The molecule has 0 aromatic carbocycles. The summed E-state index contributed by atoms with van der Waals surface area (Å²) in [4.78, 5) is 10.7. The Bertz CT molecular complexity index is 340. The highest BCUT2D eigenvalue weighted by Gasteiger charge is 2.24. The van der Waals surface area contributed by atoms with Crippen molar-refractivity contribution in [3.05, 3.63) is 12.7 Å². The van der Waals surface area contributed by atoms with Gasteiger partial charge in [-0.1, -0.05) is 13.5 Å². The van der Waals surface area contributed by atoms with Crippen LogP contribution in [0.15, 0.2) is 12.7 Å². The highest BCUT2D eigenvalue weighted by molar-refractivity contribution is 7.86. The Morgan fingerprint density at radius 2 is 1.94 bits per heavy atom. The molecule has 0 aliphatic rings. The van der Waals surface area contributed by atoms with Gasteiger partial charge in [-0.3, -0.25) is 9.35 Å². The van der Waals surface area contributed by atoms with E-state index in [4.69, 9.17) is 15.4 Å². The zero-order chi connectivity index (χ0) is 14.8. The van der Waals surface area contributed by atoms with E-state index in [9.17, 15) is 13.2 Å². The number of nitrogens with one attached hydrogen (secondary N) is 1. The van der Waals surface area contributed by atoms with Gasteiger partial charge in [-0.15, -0.1) is 0 Å². The number of carbonyl (C=O) groups is 1. The molecule has 5 N–H and O–H groups in total. The van der Waals surface area contributed by atoms with Crippen molar-refractivity contribution in [2.24, 2.45) is 11.7 Å². The molecule has 0 aliphatic heterocycles. The second-order valence-corrected chi connectivity index (χ2v) is 5.43. The maximum atomic E-state index is 10.7. The van der Waals surface area contributed by atoms with Crippen LogP contribution in [0.25, 0.3) is 0 Å². The minimum absolute atomic E-state index is 0.0972. The Morgan fingerprint density at radius 3 is 2.22 bits per heavy atom. The highest BCUT2D eigenvalue weighted by atomic mass is 32.2. The van der Waals surface area contributed by atoms with Crippen LogP contribution in [-0.4, -0.2) is 48.9 Å². The van der Waals surface area contributed by atoms with E-state index >= 15 is 0 Å².